The molecule has 1 atom stereocenters. The van der Waals surface area contributed by atoms with Crippen LogP contribution in [0.2, 0.25) is 5.02 Å². The molecule has 0 bridgehead atoms. The van der Waals surface area contributed by atoms with Gasteiger partial charge in [0.2, 0.25) is 0 Å². The topological polar surface area (TPSA) is 66.0 Å². The summed E-state index contributed by atoms with van der Waals surface area (Å²) in [4.78, 5) is 4.63. The Kier molecular flexibility index (Phi) is 4.45. The second kappa shape index (κ2) is 7.09. The number of benzene rings is 1. The van der Waals surface area contributed by atoms with E-state index in [4.69, 9.17) is 20.9 Å². The van der Waals surface area contributed by atoms with E-state index in [-0.39, 0.29) is 6.10 Å². The van der Waals surface area contributed by atoms with E-state index in [1.54, 1.807) is 0 Å². The SMILES string of the molecule is Clc1ccc([C@H]2Cn3nc(-c4nc(C5CCCCC5)no4)cc3CO2)cc1. The van der Waals surface area contributed by atoms with Crippen molar-refractivity contribution < 1.29 is 9.26 Å². The maximum absolute atomic E-state index is 6.01. The standard InChI is InChI=1S/C20H21ClN4O2/c21-15-8-6-13(7-9-15)18-11-25-16(12-26-18)10-17(23-25)20-22-19(24-27-20)14-4-2-1-3-5-14/h6-10,14,18H,1-5,11-12H2/t18-/m1/s1. The number of nitrogens with zero attached hydrogens (tertiary/aromatic N) is 4. The minimum absolute atomic E-state index is 0.0389. The molecule has 27 heavy (non-hydrogen) atoms. The molecular formula is C20H21ClN4O2. The van der Waals surface area contributed by atoms with Crippen LogP contribution in [0, 0.1) is 0 Å². The molecule has 3 aromatic rings. The summed E-state index contributed by atoms with van der Waals surface area (Å²) in [7, 11) is 0. The van der Waals surface area contributed by atoms with Crippen LogP contribution < -0.4 is 0 Å². The van der Waals surface area contributed by atoms with Crippen molar-refractivity contribution in [2.24, 2.45) is 0 Å². The van der Waals surface area contributed by atoms with Gasteiger partial charge in [0, 0.05) is 10.9 Å². The van der Waals surface area contributed by atoms with Gasteiger partial charge in [-0.25, -0.2) is 0 Å². The molecule has 5 rings (SSSR count). The Morgan fingerprint density at radius 3 is 2.70 bits per heavy atom. The van der Waals surface area contributed by atoms with Gasteiger partial charge in [0.1, 0.15) is 6.10 Å². The quantitative estimate of drug-likeness (QED) is 0.642. The van der Waals surface area contributed by atoms with Crippen molar-refractivity contribution in [1.29, 1.82) is 0 Å². The van der Waals surface area contributed by atoms with Gasteiger partial charge in [0.15, 0.2) is 11.5 Å². The van der Waals surface area contributed by atoms with Crippen LogP contribution in [-0.4, -0.2) is 19.9 Å². The fraction of sp³-hybridized carbons (Fsp3) is 0.450. The Morgan fingerprint density at radius 2 is 1.89 bits per heavy atom. The van der Waals surface area contributed by atoms with Gasteiger partial charge in [-0.05, 0) is 36.6 Å². The fourth-order valence-corrected chi connectivity index (χ4v) is 4.10. The Bertz CT molecular complexity index is 928. The van der Waals surface area contributed by atoms with Gasteiger partial charge in [-0.2, -0.15) is 10.1 Å². The van der Waals surface area contributed by atoms with Gasteiger partial charge >= 0.3 is 0 Å². The fourth-order valence-electron chi connectivity index (χ4n) is 3.97. The highest BCUT2D eigenvalue weighted by atomic mass is 35.5. The van der Waals surface area contributed by atoms with Crippen molar-refractivity contribution in [3.63, 3.8) is 0 Å². The van der Waals surface area contributed by atoms with Crippen LogP contribution in [0.25, 0.3) is 11.6 Å². The lowest BCUT2D eigenvalue weighted by molar-refractivity contribution is -0.00112. The molecule has 6 nitrogen and oxygen atoms in total. The van der Waals surface area contributed by atoms with E-state index in [0.717, 1.165) is 40.6 Å². The third kappa shape index (κ3) is 3.39. The van der Waals surface area contributed by atoms with Crippen LogP contribution in [0.5, 0.6) is 0 Å². The van der Waals surface area contributed by atoms with Crippen LogP contribution in [0.3, 0.4) is 0 Å². The van der Waals surface area contributed by atoms with E-state index in [9.17, 15) is 0 Å². The molecule has 1 saturated carbocycles. The summed E-state index contributed by atoms with van der Waals surface area (Å²) in [6.45, 7) is 1.16. The van der Waals surface area contributed by atoms with Crippen LogP contribution >= 0.6 is 11.6 Å². The molecule has 1 fully saturated rings. The summed E-state index contributed by atoms with van der Waals surface area (Å²) in [6.07, 6.45) is 6.06. The highest BCUT2D eigenvalue weighted by molar-refractivity contribution is 6.30. The zero-order valence-electron chi connectivity index (χ0n) is 15.0. The molecule has 0 amide bonds. The third-order valence-electron chi connectivity index (χ3n) is 5.51. The first-order valence-corrected chi connectivity index (χ1v) is 9.92. The normalized spacial score (nSPS) is 20.6. The predicted molar refractivity (Wildman–Crippen MR) is 100 cm³/mol. The molecule has 1 aliphatic carbocycles. The van der Waals surface area contributed by atoms with Gasteiger partial charge in [-0.1, -0.05) is 48.2 Å². The van der Waals surface area contributed by atoms with Crippen LogP contribution in [0.4, 0.5) is 0 Å². The first kappa shape index (κ1) is 17.0. The molecule has 1 aromatic carbocycles. The minimum Gasteiger partial charge on any atom is -0.365 e. The van der Waals surface area contributed by atoms with E-state index >= 15 is 0 Å². The van der Waals surface area contributed by atoms with Gasteiger partial charge in [0.05, 0.1) is 18.8 Å². The van der Waals surface area contributed by atoms with Crippen molar-refractivity contribution in [3.8, 4) is 11.6 Å². The second-order valence-electron chi connectivity index (χ2n) is 7.35. The number of ether oxygens (including phenoxy) is 1. The summed E-state index contributed by atoms with van der Waals surface area (Å²) in [5.41, 5.74) is 2.84. The zero-order valence-corrected chi connectivity index (χ0v) is 15.7. The monoisotopic (exact) mass is 384 g/mol. The Balaban J connectivity index is 1.35. The second-order valence-corrected chi connectivity index (χ2v) is 7.78. The third-order valence-corrected chi connectivity index (χ3v) is 5.76. The molecule has 140 valence electrons. The Morgan fingerprint density at radius 1 is 1.07 bits per heavy atom. The molecule has 0 unspecified atom stereocenters. The summed E-state index contributed by atoms with van der Waals surface area (Å²) < 4.78 is 13.5. The molecule has 2 aliphatic rings. The number of rotatable bonds is 3. The van der Waals surface area contributed by atoms with Crippen LogP contribution in [-0.2, 0) is 17.9 Å². The van der Waals surface area contributed by atoms with E-state index in [2.05, 4.69) is 15.2 Å². The Hall–Kier alpha value is -2.18. The predicted octanol–water partition coefficient (Wildman–Crippen LogP) is 4.91. The van der Waals surface area contributed by atoms with Crippen molar-refractivity contribution in [1.82, 2.24) is 19.9 Å². The molecule has 0 radical (unpaired) electrons. The van der Waals surface area contributed by atoms with Gasteiger partial charge in [-0.3, -0.25) is 4.68 Å². The molecule has 0 saturated heterocycles. The number of halogens is 1. The summed E-state index contributed by atoms with van der Waals surface area (Å²) in [5, 5.41) is 9.63. The average Bonchev–Trinajstić information content (AvgIpc) is 3.36. The first-order chi connectivity index (χ1) is 13.3. The summed E-state index contributed by atoms with van der Waals surface area (Å²) in [6, 6.07) is 9.75. The smallest absolute Gasteiger partial charge is 0.278 e. The maximum Gasteiger partial charge on any atom is 0.278 e. The molecule has 0 N–H and O–H groups in total. The van der Waals surface area contributed by atoms with Crippen LogP contribution in [0.15, 0.2) is 34.9 Å². The maximum atomic E-state index is 6.01. The lowest BCUT2D eigenvalue weighted by Gasteiger charge is -2.24. The minimum atomic E-state index is -0.0389. The lowest BCUT2D eigenvalue weighted by atomic mass is 9.89. The highest BCUT2D eigenvalue weighted by Gasteiger charge is 2.26. The molecular weight excluding hydrogens is 364 g/mol. The lowest BCUT2D eigenvalue weighted by Crippen LogP contribution is -2.21. The largest absolute Gasteiger partial charge is 0.365 e. The first-order valence-electron chi connectivity index (χ1n) is 9.54. The average molecular weight is 385 g/mol. The zero-order chi connectivity index (χ0) is 18.2. The summed E-state index contributed by atoms with van der Waals surface area (Å²) in [5.74, 6) is 1.75. The molecule has 3 heterocycles. The molecule has 1 aliphatic heterocycles. The van der Waals surface area contributed by atoms with Crippen molar-refractivity contribution in [2.75, 3.05) is 0 Å². The van der Waals surface area contributed by atoms with E-state index in [0.29, 0.717) is 25.0 Å². The number of aromatic nitrogens is 4. The number of fused-ring (bicyclic) bond motifs is 1. The number of hydrogen-bond donors (Lipinski definition) is 0. The summed E-state index contributed by atoms with van der Waals surface area (Å²) >= 11 is 5.98. The van der Waals surface area contributed by atoms with E-state index in [1.807, 2.05) is 35.0 Å². The van der Waals surface area contributed by atoms with Crippen molar-refractivity contribution in [3.05, 3.63) is 52.4 Å². The highest BCUT2D eigenvalue weighted by Crippen LogP contribution is 2.33. The van der Waals surface area contributed by atoms with Gasteiger partial charge < -0.3 is 9.26 Å². The number of hydrogen-bond acceptors (Lipinski definition) is 5. The van der Waals surface area contributed by atoms with Crippen LogP contribution in [0.1, 0.15) is 61.2 Å². The van der Waals surface area contributed by atoms with Crippen molar-refractivity contribution in [2.45, 2.75) is 57.3 Å². The molecule has 7 heteroatoms. The van der Waals surface area contributed by atoms with Crippen molar-refractivity contribution >= 4 is 11.6 Å². The van der Waals surface area contributed by atoms with E-state index < -0.39 is 0 Å². The van der Waals surface area contributed by atoms with E-state index in [1.165, 1.54) is 19.3 Å². The Labute approximate surface area is 162 Å². The van der Waals surface area contributed by atoms with Gasteiger partial charge in [0.25, 0.3) is 5.89 Å². The molecule has 0 spiro atoms. The van der Waals surface area contributed by atoms with Gasteiger partial charge in [-0.15, -0.1) is 0 Å². The molecule has 2 aromatic heterocycles.